The molecule has 0 saturated carbocycles. The van der Waals surface area contributed by atoms with Gasteiger partial charge in [0, 0.05) is 37.9 Å². The maximum atomic E-state index is 14.2. The molecule has 6 nitrogen and oxygen atoms in total. The van der Waals surface area contributed by atoms with Crippen molar-refractivity contribution >= 4 is 11.7 Å². The van der Waals surface area contributed by atoms with Crippen LogP contribution < -0.4 is 14.4 Å². The first kappa shape index (κ1) is 19.5. The molecule has 1 atom stereocenters. The number of hydrogen-bond donors (Lipinski definition) is 0. The van der Waals surface area contributed by atoms with Gasteiger partial charge in [-0.1, -0.05) is 12.1 Å². The highest BCUT2D eigenvalue weighted by atomic mass is 19.1. The van der Waals surface area contributed by atoms with E-state index >= 15 is 0 Å². The van der Waals surface area contributed by atoms with Crippen LogP contribution in [-0.2, 0) is 11.3 Å². The molecule has 3 heterocycles. The number of pyridine rings is 1. The van der Waals surface area contributed by atoms with Gasteiger partial charge in [0.2, 0.25) is 5.91 Å². The molecule has 1 unspecified atom stereocenters. The molecule has 4 rings (SSSR count). The van der Waals surface area contributed by atoms with E-state index in [4.69, 9.17) is 9.47 Å². The smallest absolute Gasteiger partial charge is 0.230 e. The molecule has 7 heteroatoms. The van der Waals surface area contributed by atoms with E-state index in [1.165, 1.54) is 6.07 Å². The van der Waals surface area contributed by atoms with Gasteiger partial charge in [-0.15, -0.1) is 0 Å². The second-order valence-electron chi connectivity index (χ2n) is 7.74. The van der Waals surface area contributed by atoms with Gasteiger partial charge in [0.15, 0.2) is 23.1 Å². The lowest BCUT2D eigenvalue weighted by molar-refractivity contribution is -0.145. The summed E-state index contributed by atoms with van der Waals surface area (Å²) in [4.78, 5) is 21.5. The zero-order valence-corrected chi connectivity index (χ0v) is 16.9. The Morgan fingerprint density at radius 1 is 1.14 bits per heavy atom. The highest BCUT2D eigenvalue weighted by molar-refractivity contribution is 5.85. The van der Waals surface area contributed by atoms with Crippen molar-refractivity contribution in [1.82, 2.24) is 9.88 Å². The summed E-state index contributed by atoms with van der Waals surface area (Å²) in [7, 11) is 3.21. The van der Waals surface area contributed by atoms with E-state index < -0.39 is 5.41 Å². The topological polar surface area (TPSA) is 54.9 Å². The minimum Gasteiger partial charge on any atom is -0.493 e. The molecule has 29 heavy (non-hydrogen) atoms. The summed E-state index contributed by atoms with van der Waals surface area (Å²) in [5, 5.41) is 0. The third-order valence-electron chi connectivity index (χ3n) is 6.06. The van der Waals surface area contributed by atoms with Gasteiger partial charge in [-0.3, -0.25) is 4.79 Å². The summed E-state index contributed by atoms with van der Waals surface area (Å²) < 4.78 is 25.1. The van der Waals surface area contributed by atoms with Gasteiger partial charge in [0.05, 0.1) is 19.6 Å². The Hall–Kier alpha value is -2.83. The predicted octanol–water partition coefficient (Wildman–Crippen LogP) is 3.26. The molecular weight excluding hydrogens is 373 g/mol. The monoisotopic (exact) mass is 399 g/mol. The molecule has 1 aromatic heterocycles. The zero-order valence-electron chi connectivity index (χ0n) is 16.9. The maximum Gasteiger partial charge on any atom is 0.230 e. The Morgan fingerprint density at radius 2 is 2.00 bits per heavy atom. The molecule has 1 aromatic carbocycles. The third-order valence-corrected chi connectivity index (χ3v) is 6.06. The predicted molar refractivity (Wildman–Crippen MR) is 108 cm³/mol. The molecule has 1 amide bonds. The van der Waals surface area contributed by atoms with Crippen LogP contribution >= 0.6 is 0 Å². The van der Waals surface area contributed by atoms with E-state index in [9.17, 15) is 9.18 Å². The van der Waals surface area contributed by atoms with E-state index in [1.807, 2.05) is 28.0 Å². The summed E-state index contributed by atoms with van der Waals surface area (Å²) >= 11 is 0. The fourth-order valence-corrected chi connectivity index (χ4v) is 4.63. The van der Waals surface area contributed by atoms with E-state index in [1.54, 1.807) is 26.5 Å². The van der Waals surface area contributed by atoms with Crippen LogP contribution in [-0.4, -0.2) is 49.6 Å². The average molecular weight is 399 g/mol. The number of hydrogen-bond acceptors (Lipinski definition) is 5. The molecule has 2 saturated heterocycles. The number of carbonyl (C=O) groups is 1. The van der Waals surface area contributed by atoms with Gasteiger partial charge in [0.25, 0.3) is 0 Å². The first-order chi connectivity index (χ1) is 14.1. The fourth-order valence-electron chi connectivity index (χ4n) is 4.63. The van der Waals surface area contributed by atoms with Gasteiger partial charge in [-0.05, 0) is 37.5 Å². The van der Waals surface area contributed by atoms with Crippen LogP contribution in [0.4, 0.5) is 10.2 Å². The minimum absolute atomic E-state index is 0.132. The number of anilines is 1. The van der Waals surface area contributed by atoms with Crippen molar-refractivity contribution in [2.24, 2.45) is 5.41 Å². The molecule has 2 fully saturated rings. The highest BCUT2D eigenvalue weighted by Gasteiger charge is 2.49. The second-order valence-corrected chi connectivity index (χ2v) is 7.74. The first-order valence-corrected chi connectivity index (χ1v) is 9.93. The Labute approximate surface area is 170 Å². The number of aromatic nitrogens is 1. The van der Waals surface area contributed by atoms with Crippen molar-refractivity contribution in [1.29, 1.82) is 0 Å². The Balaban J connectivity index is 1.54. The quantitative estimate of drug-likeness (QED) is 0.773. The van der Waals surface area contributed by atoms with Gasteiger partial charge in [-0.25, -0.2) is 9.37 Å². The van der Waals surface area contributed by atoms with Crippen molar-refractivity contribution in [3.63, 3.8) is 0 Å². The summed E-state index contributed by atoms with van der Waals surface area (Å²) in [5.74, 6) is 1.44. The molecule has 0 bridgehead atoms. The number of halogens is 1. The Bertz CT molecular complexity index is 907. The number of para-hydroxylation sites is 1. The molecule has 0 radical (unpaired) electrons. The van der Waals surface area contributed by atoms with Gasteiger partial charge < -0.3 is 19.3 Å². The van der Waals surface area contributed by atoms with Crippen molar-refractivity contribution in [2.45, 2.75) is 25.8 Å². The number of piperidine rings is 1. The molecule has 154 valence electrons. The second kappa shape index (κ2) is 7.89. The zero-order chi connectivity index (χ0) is 20.4. The Kier molecular flexibility index (Phi) is 5.30. The number of carbonyl (C=O) groups excluding carboxylic acids is 1. The lowest BCUT2D eigenvalue weighted by atomic mass is 9.78. The van der Waals surface area contributed by atoms with E-state index in [0.29, 0.717) is 49.9 Å². The number of amides is 1. The third kappa shape index (κ3) is 3.50. The van der Waals surface area contributed by atoms with Crippen LogP contribution in [0, 0.1) is 11.2 Å². The van der Waals surface area contributed by atoms with Crippen LogP contribution in [0.25, 0.3) is 0 Å². The number of likely N-dealkylation sites (tertiary alicyclic amines) is 1. The fraction of sp³-hybridized carbons (Fsp3) is 0.455. The van der Waals surface area contributed by atoms with Gasteiger partial charge >= 0.3 is 0 Å². The van der Waals surface area contributed by atoms with Crippen LogP contribution in [0.15, 0.2) is 36.5 Å². The number of ether oxygens (including phenoxy) is 2. The molecular formula is C22H26FN3O3. The summed E-state index contributed by atoms with van der Waals surface area (Å²) in [6.45, 7) is 2.32. The number of rotatable bonds is 5. The van der Waals surface area contributed by atoms with Crippen LogP contribution in [0.5, 0.6) is 11.5 Å². The highest BCUT2D eigenvalue weighted by Crippen LogP contribution is 2.42. The summed E-state index contributed by atoms with van der Waals surface area (Å²) in [6.07, 6.45) is 4.06. The summed E-state index contributed by atoms with van der Waals surface area (Å²) in [5.41, 5.74) is 0.441. The van der Waals surface area contributed by atoms with Gasteiger partial charge in [0.1, 0.15) is 0 Å². The number of methoxy groups -OCH3 is 2. The standard InChI is InChI=1S/C22H26FN3O3/c1-28-18-8-3-6-16(19(18)29-2)14-25-12-5-9-22(21(25)27)10-13-26(15-22)20-17(23)7-4-11-24-20/h3-4,6-8,11H,5,9-10,12-15H2,1-2H3. The van der Waals surface area contributed by atoms with Crippen molar-refractivity contribution in [3.05, 3.63) is 47.9 Å². The molecule has 0 aliphatic carbocycles. The van der Waals surface area contributed by atoms with Crippen molar-refractivity contribution < 1.29 is 18.7 Å². The Morgan fingerprint density at radius 3 is 2.76 bits per heavy atom. The lowest BCUT2D eigenvalue weighted by Crippen LogP contribution is -2.49. The van der Waals surface area contributed by atoms with E-state index in [0.717, 1.165) is 18.4 Å². The van der Waals surface area contributed by atoms with E-state index in [-0.39, 0.29) is 11.7 Å². The SMILES string of the molecule is COc1cccc(CN2CCCC3(CCN(c4ncccc4F)C3)C2=O)c1OC. The van der Waals surface area contributed by atoms with Gasteiger partial charge in [-0.2, -0.15) is 0 Å². The van der Waals surface area contributed by atoms with Crippen LogP contribution in [0.2, 0.25) is 0 Å². The molecule has 2 aliphatic rings. The average Bonchev–Trinajstić information content (AvgIpc) is 3.16. The molecule has 2 aliphatic heterocycles. The molecule has 2 aromatic rings. The largest absolute Gasteiger partial charge is 0.493 e. The van der Waals surface area contributed by atoms with Crippen LogP contribution in [0.3, 0.4) is 0 Å². The first-order valence-electron chi connectivity index (χ1n) is 9.93. The number of nitrogens with zero attached hydrogens (tertiary/aromatic N) is 3. The van der Waals surface area contributed by atoms with E-state index in [2.05, 4.69) is 4.98 Å². The van der Waals surface area contributed by atoms with Crippen molar-refractivity contribution in [3.8, 4) is 11.5 Å². The molecule has 0 N–H and O–H groups in total. The van der Waals surface area contributed by atoms with Crippen LogP contribution in [0.1, 0.15) is 24.8 Å². The van der Waals surface area contributed by atoms with Crippen molar-refractivity contribution in [2.75, 3.05) is 38.8 Å². The normalized spacial score (nSPS) is 21.7. The lowest BCUT2D eigenvalue weighted by Gasteiger charge is -2.39. The minimum atomic E-state index is -0.478. The number of benzene rings is 1. The molecule has 1 spiro atoms. The maximum absolute atomic E-state index is 14.2. The summed E-state index contributed by atoms with van der Waals surface area (Å²) in [6, 6.07) is 8.71.